The molecule has 0 unspecified atom stereocenters. The van der Waals surface area contributed by atoms with Crippen molar-refractivity contribution < 1.29 is 9.53 Å². The van der Waals surface area contributed by atoms with E-state index < -0.39 is 6.03 Å². The van der Waals surface area contributed by atoms with Crippen LogP contribution in [0.25, 0.3) is 5.69 Å². The Morgan fingerprint density at radius 1 is 1.18 bits per heavy atom. The highest BCUT2D eigenvalue weighted by Crippen LogP contribution is 2.14. The normalized spacial score (nSPS) is 11.3. The van der Waals surface area contributed by atoms with E-state index in [4.69, 9.17) is 16.3 Å². The molecule has 0 radical (unpaired) electrons. The first-order chi connectivity index (χ1) is 13.7. The van der Waals surface area contributed by atoms with Crippen LogP contribution in [-0.2, 0) is 6.54 Å². The lowest BCUT2D eigenvalue weighted by molar-refractivity contribution is 0.248. The smallest absolute Gasteiger partial charge is 0.341 e. The van der Waals surface area contributed by atoms with Gasteiger partial charge in [-0.15, -0.1) is 0 Å². The van der Waals surface area contributed by atoms with E-state index in [0.29, 0.717) is 29.4 Å². The number of carbonyl (C=O) groups is 1. The molecule has 0 spiro atoms. The van der Waals surface area contributed by atoms with Crippen molar-refractivity contribution in [2.45, 2.75) is 19.9 Å². The minimum absolute atomic E-state index is 0.364. The molecule has 0 atom stereocenters. The molecular weight excluding hydrogens is 376 g/mol. The first-order valence-corrected chi connectivity index (χ1v) is 9.38. The Labute approximate surface area is 168 Å². The van der Waals surface area contributed by atoms with Gasteiger partial charge in [0.15, 0.2) is 0 Å². The van der Waals surface area contributed by atoms with Crippen LogP contribution in [0.5, 0.6) is 5.88 Å². The molecule has 3 aromatic rings. The predicted octanol–water partition coefficient (Wildman–Crippen LogP) is 4.13. The van der Waals surface area contributed by atoms with Crippen LogP contribution in [0.4, 0.5) is 4.79 Å². The molecule has 3 rings (SSSR count). The fourth-order valence-electron chi connectivity index (χ4n) is 2.47. The average Bonchev–Trinajstić information content (AvgIpc) is 2.72. The second-order valence-electron chi connectivity index (χ2n) is 6.04. The number of para-hydroxylation sites is 1. The summed E-state index contributed by atoms with van der Waals surface area (Å²) in [5, 5.41) is 8.22. The summed E-state index contributed by atoms with van der Waals surface area (Å²) in [6, 6.07) is 18.2. The van der Waals surface area contributed by atoms with Crippen LogP contribution in [0.3, 0.4) is 0 Å². The van der Waals surface area contributed by atoms with E-state index in [0.717, 1.165) is 17.7 Å². The SMILES string of the molecule is CCCOc1cc(=NC(=O)NCc2ccc(Cl)cc2)cnn1-c1ccccc1. The molecule has 0 aliphatic heterocycles. The van der Waals surface area contributed by atoms with Gasteiger partial charge in [0.25, 0.3) is 0 Å². The maximum absolute atomic E-state index is 12.2. The molecule has 2 aromatic carbocycles. The fraction of sp³-hybridized carbons (Fsp3) is 0.190. The van der Waals surface area contributed by atoms with Crippen LogP contribution in [0.1, 0.15) is 18.9 Å². The Morgan fingerprint density at radius 3 is 2.64 bits per heavy atom. The molecular formula is C21H21ClN4O2. The minimum atomic E-state index is -0.448. The summed E-state index contributed by atoms with van der Waals surface area (Å²) in [5.41, 5.74) is 1.81. The molecule has 1 heterocycles. The predicted molar refractivity (Wildman–Crippen MR) is 109 cm³/mol. The number of ether oxygens (including phenoxy) is 1. The first kappa shape index (κ1) is 19.6. The Hall–Kier alpha value is -3.12. The number of halogens is 1. The first-order valence-electron chi connectivity index (χ1n) is 9.00. The van der Waals surface area contributed by atoms with Gasteiger partial charge in [-0.1, -0.05) is 48.9 Å². The van der Waals surface area contributed by atoms with Gasteiger partial charge in [0.05, 0.1) is 23.8 Å². The number of hydrogen-bond acceptors (Lipinski definition) is 3. The van der Waals surface area contributed by atoms with Crippen molar-refractivity contribution in [3.8, 4) is 11.6 Å². The number of aromatic nitrogens is 2. The second kappa shape index (κ2) is 9.71. The summed E-state index contributed by atoms with van der Waals surface area (Å²) in [4.78, 5) is 16.2. The van der Waals surface area contributed by atoms with E-state index in [1.807, 2.05) is 49.4 Å². The van der Waals surface area contributed by atoms with Gasteiger partial charge in [-0.3, -0.25) is 0 Å². The van der Waals surface area contributed by atoms with E-state index in [1.54, 1.807) is 22.9 Å². The summed E-state index contributed by atoms with van der Waals surface area (Å²) in [7, 11) is 0. The van der Waals surface area contributed by atoms with Crippen molar-refractivity contribution in [3.05, 3.63) is 82.8 Å². The molecule has 0 bridgehead atoms. The molecule has 0 saturated heterocycles. The summed E-state index contributed by atoms with van der Waals surface area (Å²) in [5.74, 6) is 0.528. The number of hydrogen-bond donors (Lipinski definition) is 1. The summed E-state index contributed by atoms with van der Waals surface area (Å²) >= 11 is 5.86. The summed E-state index contributed by atoms with van der Waals surface area (Å²) in [6.45, 7) is 2.93. The summed E-state index contributed by atoms with van der Waals surface area (Å²) < 4.78 is 7.48. The molecule has 1 N–H and O–H groups in total. The van der Waals surface area contributed by atoms with E-state index in [-0.39, 0.29) is 0 Å². The zero-order valence-electron chi connectivity index (χ0n) is 15.5. The summed E-state index contributed by atoms with van der Waals surface area (Å²) in [6.07, 6.45) is 2.39. The van der Waals surface area contributed by atoms with E-state index >= 15 is 0 Å². The van der Waals surface area contributed by atoms with Crippen molar-refractivity contribution in [1.29, 1.82) is 0 Å². The van der Waals surface area contributed by atoms with E-state index in [1.165, 1.54) is 6.20 Å². The van der Waals surface area contributed by atoms with Crippen LogP contribution >= 0.6 is 11.6 Å². The maximum Gasteiger partial charge on any atom is 0.341 e. The fourth-order valence-corrected chi connectivity index (χ4v) is 2.60. The zero-order chi connectivity index (χ0) is 19.8. The molecule has 2 amide bonds. The Balaban J connectivity index is 1.78. The number of rotatable bonds is 6. The Morgan fingerprint density at radius 2 is 1.93 bits per heavy atom. The van der Waals surface area contributed by atoms with Crippen molar-refractivity contribution in [3.63, 3.8) is 0 Å². The third-order valence-corrected chi connectivity index (χ3v) is 4.08. The van der Waals surface area contributed by atoms with Gasteiger partial charge in [0.1, 0.15) is 0 Å². The standard InChI is InChI=1S/C21H21ClN4O2/c1-2-12-28-20-13-18(15-24-26(20)19-6-4-3-5-7-19)25-21(27)23-14-16-8-10-17(22)11-9-16/h3-11,13,15H,2,12,14H2,1H3,(H,23,27). The van der Waals surface area contributed by atoms with Gasteiger partial charge < -0.3 is 10.1 Å². The second-order valence-corrected chi connectivity index (χ2v) is 6.48. The van der Waals surface area contributed by atoms with E-state index in [2.05, 4.69) is 15.4 Å². The van der Waals surface area contributed by atoms with Crippen LogP contribution in [0.15, 0.2) is 71.9 Å². The Bertz CT molecular complexity index is 985. The van der Waals surface area contributed by atoms with Crippen molar-refractivity contribution in [2.75, 3.05) is 6.61 Å². The third-order valence-electron chi connectivity index (χ3n) is 3.83. The molecule has 0 fully saturated rings. The number of amides is 2. The maximum atomic E-state index is 12.2. The molecule has 7 heteroatoms. The van der Waals surface area contributed by atoms with Gasteiger partial charge >= 0.3 is 6.03 Å². The minimum Gasteiger partial charge on any atom is -0.478 e. The number of nitrogens with one attached hydrogen (secondary N) is 1. The largest absolute Gasteiger partial charge is 0.478 e. The molecule has 144 valence electrons. The highest BCUT2D eigenvalue weighted by Gasteiger charge is 2.06. The highest BCUT2D eigenvalue weighted by atomic mass is 35.5. The molecule has 28 heavy (non-hydrogen) atoms. The molecule has 0 saturated carbocycles. The van der Waals surface area contributed by atoms with Crippen molar-refractivity contribution in [1.82, 2.24) is 15.1 Å². The monoisotopic (exact) mass is 396 g/mol. The number of benzene rings is 2. The van der Waals surface area contributed by atoms with Crippen LogP contribution < -0.4 is 15.4 Å². The zero-order valence-corrected chi connectivity index (χ0v) is 16.3. The molecule has 0 aliphatic rings. The lowest BCUT2D eigenvalue weighted by Gasteiger charge is -2.12. The van der Waals surface area contributed by atoms with Crippen LogP contribution in [0.2, 0.25) is 5.02 Å². The van der Waals surface area contributed by atoms with Crippen molar-refractivity contribution >= 4 is 17.6 Å². The van der Waals surface area contributed by atoms with Gasteiger partial charge in [-0.2, -0.15) is 10.1 Å². The highest BCUT2D eigenvalue weighted by molar-refractivity contribution is 6.30. The van der Waals surface area contributed by atoms with Crippen LogP contribution in [0, 0.1) is 0 Å². The molecule has 6 nitrogen and oxygen atoms in total. The average molecular weight is 397 g/mol. The number of nitrogens with zero attached hydrogens (tertiary/aromatic N) is 3. The third kappa shape index (κ3) is 5.44. The van der Waals surface area contributed by atoms with Gasteiger partial charge in [0.2, 0.25) is 5.88 Å². The van der Waals surface area contributed by atoms with Gasteiger partial charge in [-0.05, 0) is 36.2 Å². The van der Waals surface area contributed by atoms with E-state index in [9.17, 15) is 4.79 Å². The number of carbonyl (C=O) groups excluding carboxylic acids is 1. The van der Waals surface area contributed by atoms with Crippen LogP contribution in [-0.4, -0.2) is 22.4 Å². The van der Waals surface area contributed by atoms with Gasteiger partial charge in [-0.25, -0.2) is 9.48 Å². The topological polar surface area (TPSA) is 68.5 Å². The Kier molecular flexibility index (Phi) is 6.81. The van der Waals surface area contributed by atoms with Crippen molar-refractivity contribution in [2.24, 2.45) is 4.99 Å². The number of urea groups is 1. The lowest BCUT2D eigenvalue weighted by atomic mass is 10.2. The quantitative estimate of drug-likeness (QED) is 0.681. The molecule has 1 aromatic heterocycles. The molecule has 0 aliphatic carbocycles. The lowest BCUT2D eigenvalue weighted by Crippen LogP contribution is -2.22. The van der Waals surface area contributed by atoms with Gasteiger partial charge in [0, 0.05) is 17.6 Å².